The molecule has 2 nitrogen and oxygen atoms in total. The molecule has 2 heteroatoms. The van der Waals surface area contributed by atoms with Crippen molar-refractivity contribution in [3.8, 4) is 22.3 Å². The molecule has 0 N–H and O–H groups in total. The summed E-state index contributed by atoms with van der Waals surface area (Å²) in [5.41, 5.74) is 13.7. The molecule has 4 heterocycles. The molecule has 2 aliphatic heterocycles. The summed E-state index contributed by atoms with van der Waals surface area (Å²) < 4.78 is 5.10. The van der Waals surface area contributed by atoms with E-state index in [0.717, 1.165) is 13.1 Å². The highest BCUT2D eigenvalue weighted by atomic mass is 15.0. The molecule has 10 rings (SSSR count). The molecule has 2 aliphatic rings. The number of benzene rings is 6. The zero-order valence-corrected chi connectivity index (χ0v) is 20.7. The minimum absolute atomic E-state index is 0.913. The maximum Gasteiger partial charge on any atom is 0.0580 e. The second-order valence-corrected chi connectivity index (χ2v) is 10.9. The van der Waals surface area contributed by atoms with Crippen LogP contribution in [0.1, 0.15) is 11.1 Å². The summed E-state index contributed by atoms with van der Waals surface area (Å²) in [5.74, 6) is 0. The highest BCUT2D eigenvalue weighted by Gasteiger charge is 2.29. The fourth-order valence-electron chi connectivity index (χ4n) is 7.62. The molecule has 0 aliphatic carbocycles. The number of hydrogen-bond acceptors (Lipinski definition) is 0. The van der Waals surface area contributed by atoms with E-state index in [1.54, 1.807) is 0 Å². The number of para-hydroxylation sites is 2. The highest BCUT2D eigenvalue weighted by Crippen LogP contribution is 2.51. The van der Waals surface area contributed by atoms with Gasteiger partial charge in [0.25, 0.3) is 0 Å². The fraction of sp³-hybridized carbons (Fsp3) is 0.0556. The lowest BCUT2D eigenvalue weighted by atomic mass is 9.84. The molecule has 0 saturated heterocycles. The van der Waals surface area contributed by atoms with Gasteiger partial charge in [-0.3, -0.25) is 0 Å². The summed E-state index contributed by atoms with van der Waals surface area (Å²) in [6.45, 7) is 1.83. The number of rotatable bonds is 0. The quantitative estimate of drug-likeness (QED) is 0.204. The first-order chi connectivity index (χ1) is 18.9. The Bertz CT molecular complexity index is 2180. The van der Waals surface area contributed by atoms with E-state index in [2.05, 4.69) is 118 Å². The van der Waals surface area contributed by atoms with Gasteiger partial charge >= 0.3 is 0 Å². The molecule has 176 valence electrons. The van der Waals surface area contributed by atoms with E-state index in [1.807, 2.05) is 0 Å². The second kappa shape index (κ2) is 6.54. The van der Waals surface area contributed by atoms with Crippen molar-refractivity contribution >= 4 is 54.4 Å². The largest absolute Gasteiger partial charge is 0.335 e. The molecule has 0 bridgehead atoms. The lowest BCUT2D eigenvalue weighted by Gasteiger charge is -2.25. The van der Waals surface area contributed by atoms with Crippen molar-refractivity contribution in [1.82, 2.24) is 9.13 Å². The van der Waals surface area contributed by atoms with Crippen molar-refractivity contribution in [3.63, 3.8) is 0 Å². The summed E-state index contributed by atoms with van der Waals surface area (Å²) in [5, 5.41) is 8.12. The predicted octanol–water partition coefficient (Wildman–Crippen LogP) is 9.11. The normalized spacial score (nSPS) is 13.6. The Morgan fingerprint density at radius 1 is 0.395 bits per heavy atom. The zero-order valence-electron chi connectivity index (χ0n) is 20.7. The van der Waals surface area contributed by atoms with Gasteiger partial charge in [-0.1, -0.05) is 84.9 Å². The van der Waals surface area contributed by atoms with Crippen LogP contribution in [0.3, 0.4) is 0 Å². The number of hydrogen-bond donors (Lipinski definition) is 0. The Morgan fingerprint density at radius 3 is 1.32 bits per heavy atom. The average molecular weight is 483 g/mol. The summed E-state index contributed by atoms with van der Waals surface area (Å²) in [4.78, 5) is 0. The number of aromatic nitrogens is 2. The Labute approximate surface area is 219 Å². The highest BCUT2D eigenvalue weighted by molar-refractivity contribution is 6.29. The Hall–Kier alpha value is -4.82. The minimum atomic E-state index is 0.913. The van der Waals surface area contributed by atoms with E-state index in [0.29, 0.717) is 0 Å². The third-order valence-electron chi connectivity index (χ3n) is 9.13. The lowest BCUT2D eigenvalue weighted by Crippen LogP contribution is -2.09. The van der Waals surface area contributed by atoms with E-state index in [1.165, 1.54) is 87.8 Å². The van der Waals surface area contributed by atoms with E-state index in [-0.39, 0.29) is 0 Å². The molecule has 0 saturated carbocycles. The van der Waals surface area contributed by atoms with Gasteiger partial charge < -0.3 is 9.13 Å². The first-order valence-electron chi connectivity index (χ1n) is 13.4. The maximum absolute atomic E-state index is 2.55. The molecule has 0 radical (unpaired) electrons. The van der Waals surface area contributed by atoms with Crippen LogP contribution in [0.25, 0.3) is 76.6 Å². The van der Waals surface area contributed by atoms with Gasteiger partial charge in [0.1, 0.15) is 0 Å². The van der Waals surface area contributed by atoms with Crippen LogP contribution in [0.2, 0.25) is 0 Å². The topological polar surface area (TPSA) is 9.86 Å². The second-order valence-electron chi connectivity index (χ2n) is 10.9. The Balaban J connectivity index is 1.55. The van der Waals surface area contributed by atoms with Crippen molar-refractivity contribution < 1.29 is 0 Å². The van der Waals surface area contributed by atoms with E-state index in [9.17, 15) is 0 Å². The average Bonchev–Trinajstić information content (AvgIpc) is 3.46. The molecular formula is C36H22N2. The van der Waals surface area contributed by atoms with Gasteiger partial charge in [-0.2, -0.15) is 0 Å². The van der Waals surface area contributed by atoms with Crippen LogP contribution in [-0.2, 0) is 13.1 Å². The monoisotopic (exact) mass is 482 g/mol. The SMILES string of the molecule is c1ccc2c(c1)Cn1c3ccccc3c3cc4c5c6c(cc4c-2c31)c1ccccc1n6Cc1ccccc1-5. The van der Waals surface area contributed by atoms with Crippen LogP contribution < -0.4 is 0 Å². The van der Waals surface area contributed by atoms with Crippen LogP contribution in [0.4, 0.5) is 0 Å². The van der Waals surface area contributed by atoms with Gasteiger partial charge in [0.05, 0.1) is 11.0 Å². The molecule has 8 aromatic rings. The van der Waals surface area contributed by atoms with E-state index >= 15 is 0 Å². The molecular weight excluding hydrogens is 460 g/mol. The van der Waals surface area contributed by atoms with Crippen molar-refractivity contribution in [2.45, 2.75) is 13.1 Å². The summed E-state index contributed by atoms with van der Waals surface area (Å²) in [6, 6.07) is 40.9. The zero-order chi connectivity index (χ0) is 24.5. The van der Waals surface area contributed by atoms with Crippen molar-refractivity contribution in [2.75, 3.05) is 0 Å². The van der Waals surface area contributed by atoms with Gasteiger partial charge in [-0.05, 0) is 57.3 Å². The first kappa shape index (κ1) is 19.3. The molecule has 0 unspecified atom stereocenters. The molecule has 6 aromatic carbocycles. The third-order valence-corrected chi connectivity index (χ3v) is 9.13. The van der Waals surface area contributed by atoms with Crippen LogP contribution in [0.15, 0.2) is 109 Å². The predicted molar refractivity (Wildman–Crippen MR) is 159 cm³/mol. The molecule has 2 aromatic heterocycles. The van der Waals surface area contributed by atoms with Crippen molar-refractivity contribution in [1.29, 1.82) is 0 Å². The van der Waals surface area contributed by atoms with Gasteiger partial charge in [0.2, 0.25) is 0 Å². The summed E-state index contributed by atoms with van der Waals surface area (Å²) in [6.07, 6.45) is 0. The summed E-state index contributed by atoms with van der Waals surface area (Å²) >= 11 is 0. The van der Waals surface area contributed by atoms with Crippen molar-refractivity contribution in [2.24, 2.45) is 0 Å². The third kappa shape index (κ3) is 2.14. The minimum Gasteiger partial charge on any atom is -0.335 e. The first-order valence-corrected chi connectivity index (χ1v) is 13.4. The molecule has 0 spiro atoms. The van der Waals surface area contributed by atoms with Gasteiger partial charge in [0.15, 0.2) is 0 Å². The van der Waals surface area contributed by atoms with E-state index in [4.69, 9.17) is 0 Å². The Morgan fingerprint density at radius 2 is 0.816 bits per heavy atom. The fourth-order valence-corrected chi connectivity index (χ4v) is 7.62. The van der Waals surface area contributed by atoms with Crippen LogP contribution >= 0.6 is 0 Å². The molecule has 38 heavy (non-hydrogen) atoms. The molecule has 0 amide bonds. The maximum atomic E-state index is 2.55. The van der Waals surface area contributed by atoms with Crippen LogP contribution in [0.5, 0.6) is 0 Å². The standard InChI is InChI=1S/C36H22N2/c1-3-11-23-21(9-1)19-37-31-15-7-5-13-25(31)29-18-28-27(33(23)35(29)37)17-30-26-14-6-8-16-32(26)38-20-22-10-2-4-12-24(22)34(28)36(30)38/h1-18H,19-20H2. The molecule has 0 atom stereocenters. The van der Waals surface area contributed by atoms with Crippen LogP contribution in [0, 0.1) is 0 Å². The smallest absolute Gasteiger partial charge is 0.0580 e. The summed E-state index contributed by atoms with van der Waals surface area (Å²) in [7, 11) is 0. The van der Waals surface area contributed by atoms with Crippen LogP contribution in [-0.4, -0.2) is 9.13 Å². The van der Waals surface area contributed by atoms with E-state index < -0.39 is 0 Å². The van der Waals surface area contributed by atoms with Gasteiger partial charge in [-0.25, -0.2) is 0 Å². The number of nitrogens with zero attached hydrogens (tertiary/aromatic N) is 2. The molecule has 0 fully saturated rings. The lowest BCUT2D eigenvalue weighted by molar-refractivity contribution is 0.860. The van der Waals surface area contributed by atoms with Crippen molar-refractivity contribution in [3.05, 3.63) is 120 Å². The number of fused-ring (bicyclic) bond motifs is 13. The van der Waals surface area contributed by atoms with Gasteiger partial charge in [0, 0.05) is 56.8 Å². The Kier molecular flexibility index (Phi) is 3.32. The van der Waals surface area contributed by atoms with Gasteiger partial charge in [-0.15, -0.1) is 0 Å².